The molecule has 9 nitrogen and oxygen atoms in total. The number of nitrogens with one attached hydrogen (secondary N) is 2. The van der Waals surface area contributed by atoms with Crippen LogP contribution in [0.1, 0.15) is 65.1 Å². The number of aryl methyl sites for hydroxylation is 1. The highest BCUT2D eigenvalue weighted by Crippen LogP contribution is 2.46. The fourth-order valence-corrected chi connectivity index (χ4v) is 5.86. The molecule has 37 heavy (non-hydrogen) atoms. The molecule has 0 spiro atoms. The number of hydrogen-bond donors (Lipinski definition) is 3. The Morgan fingerprint density at radius 3 is 2.54 bits per heavy atom. The molecular weight excluding hydrogens is 522 g/mol. The first-order valence-electron chi connectivity index (χ1n) is 11.1. The monoisotopic (exact) mass is 545 g/mol. The van der Waals surface area contributed by atoms with E-state index in [0.29, 0.717) is 23.3 Å². The Hall–Kier alpha value is -3.23. The largest absolute Gasteiger partial charge is 0.492 e. The summed E-state index contributed by atoms with van der Waals surface area (Å²) in [6.07, 6.45) is -6.66. The average molecular weight is 546 g/mol. The van der Waals surface area contributed by atoms with Crippen molar-refractivity contribution in [1.82, 2.24) is 14.9 Å². The number of H-pyrrole nitrogens is 1. The number of ether oxygens (including phenoxy) is 1. The van der Waals surface area contributed by atoms with Crippen molar-refractivity contribution in [2.75, 3.05) is 6.61 Å². The second-order valence-corrected chi connectivity index (χ2v) is 10.4. The van der Waals surface area contributed by atoms with Crippen LogP contribution < -0.4 is 15.2 Å². The molecule has 1 aromatic heterocycles. The molecule has 0 fully saturated rings. The van der Waals surface area contributed by atoms with E-state index < -0.39 is 73.5 Å². The average Bonchev–Trinajstić information content (AvgIpc) is 3.25. The molecule has 200 valence electrons. The number of alkyl halides is 3. The molecule has 3 atom stereocenters. The minimum Gasteiger partial charge on any atom is -0.492 e. The van der Waals surface area contributed by atoms with Crippen molar-refractivity contribution in [2.24, 2.45) is 0 Å². The van der Waals surface area contributed by atoms with Gasteiger partial charge in [-0.15, -0.1) is 5.10 Å². The zero-order valence-corrected chi connectivity index (χ0v) is 20.6. The fourth-order valence-electron chi connectivity index (χ4n) is 4.44. The molecule has 0 unspecified atom stereocenters. The number of aliphatic hydroxyl groups excluding tert-OH is 1. The molecule has 4 rings (SSSR count). The third-order valence-corrected chi connectivity index (χ3v) is 7.88. The highest BCUT2D eigenvalue weighted by molar-refractivity contribution is 7.89. The molecule has 0 radical (unpaired) electrons. The third-order valence-electron chi connectivity index (χ3n) is 6.42. The summed E-state index contributed by atoms with van der Waals surface area (Å²) in [5, 5.41) is 16.0. The molecule has 14 heteroatoms. The number of aromatic nitrogens is 2. The molecule has 0 aliphatic carbocycles. The number of aromatic amines is 1. The number of sulfonamides is 1. The fraction of sp³-hybridized carbons (Fsp3) is 0.391. The van der Waals surface area contributed by atoms with E-state index in [1.54, 1.807) is 19.9 Å². The Balaban J connectivity index is 1.85. The van der Waals surface area contributed by atoms with Gasteiger partial charge in [-0.2, -0.15) is 17.9 Å². The number of fused-ring (bicyclic) bond motifs is 1. The van der Waals surface area contributed by atoms with Crippen LogP contribution in [0.25, 0.3) is 0 Å². The maximum absolute atomic E-state index is 14.9. The van der Waals surface area contributed by atoms with Crippen LogP contribution in [-0.4, -0.2) is 30.3 Å². The van der Waals surface area contributed by atoms with E-state index in [9.17, 15) is 35.9 Å². The molecule has 0 saturated heterocycles. The zero-order chi connectivity index (χ0) is 27.3. The SMILES string of the molecule is Cc1ccc(F)c([C@@H](C)[C@H](NS(=O)(=O)c2ccc(C(F)(F)F)c3c2OCC[C@H]3O)c2n[nH]c(=O)o2)c1C. The number of rotatable bonds is 6. The van der Waals surface area contributed by atoms with Crippen LogP contribution in [0.3, 0.4) is 0 Å². The molecule has 3 aromatic rings. The number of halogens is 4. The topological polar surface area (TPSA) is 135 Å². The predicted molar refractivity (Wildman–Crippen MR) is 121 cm³/mol. The van der Waals surface area contributed by atoms with Crippen molar-refractivity contribution in [3.8, 4) is 5.75 Å². The Bertz CT molecular complexity index is 1500. The molecular formula is C23H23F4N3O6S. The van der Waals surface area contributed by atoms with Gasteiger partial charge in [0.05, 0.1) is 18.3 Å². The molecule has 1 aliphatic heterocycles. The van der Waals surface area contributed by atoms with Gasteiger partial charge in [0.25, 0.3) is 0 Å². The first-order valence-corrected chi connectivity index (χ1v) is 12.6. The molecule has 1 aliphatic rings. The van der Waals surface area contributed by atoms with E-state index in [4.69, 9.17) is 9.15 Å². The van der Waals surface area contributed by atoms with Crippen LogP contribution in [0.5, 0.6) is 5.75 Å². The van der Waals surface area contributed by atoms with Crippen molar-refractivity contribution in [3.63, 3.8) is 0 Å². The molecule has 0 bridgehead atoms. The van der Waals surface area contributed by atoms with E-state index in [1.807, 2.05) is 5.10 Å². The third kappa shape index (κ3) is 5.00. The summed E-state index contributed by atoms with van der Waals surface area (Å²) in [6.45, 7) is 4.63. The Kier molecular flexibility index (Phi) is 6.94. The molecule has 3 N–H and O–H groups in total. The second kappa shape index (κ2) is 9.58. The van der Waals surface area contributed by atoms with Crippen molar-refractivity contribution in [2.45, 2.75) is 56.3 Å². The van der Waals surface area contributed by atoms with E-state index in [-0.39, 0.29) is 18.6 Å². The van der Waals surface area contributed by atoms with Crippen LogP contribution in [0.4, 0.5) is 17.6 Å². The first kappa shape index (κ1) is 26.8. The van der Waals surface area contributed by atoms with Gasteiger partial charge in [-0.25, -0.2) is 22.7 Å². The van der Waals surface area contributed by atoms with Crippen LogP contribution in [-0.2, 0) is 16.2 Å². The van der Waals surface area contributed by atoms with Crippen molar-refractivity contribution < 1.29 is 40.2 Å². The molecule has 0 saturated carbocycles. The lowest BCUT2D eigenvalue weighted by molar-refractivity contribution is -0.139. The van der Waals surface area contributed by atoms with Crippen LogP contribution in [0.15, 0.2) is 38.4 Å². The van der Waals surface area contributed by atoms with Crippen LogP contribution >= 0.6 is 0 Å². The number of nitrogens with zero attached hydrogens (tertiary/aromatic N) is 1. The van der Waals surface area contributed by atoms with Gasteiger partial charge in [-0.05, 0) is 48.7 Å². The molecule has 0 amide bonds. The van der Waals surface area contributed by atoms with E-state index in [1.165, 1.54) is 13.0 Å². The smallest absolute Gasteiger partial charge is 0.434 e. The summed E-state index contributed by atoms with van der Waals surface area (Å²) in [5.74, 6) is -3.68. The highest BCUT2D eigenvalue weighted by atomic mass is 32.2. The van der Waals surface area contributed by atoms with Gasteiger partial charge in [-0.3, -0.25) is 0 Å². The summed E-state index contributed by atoms with van der Waals surface area (Å²) < 4.78 is 95.3. The van der Waals surface area contributed by atoms with E-state index >= 15 is 0 Å². The lowest BCUT2D eigenvalue weighted by Gasteiger charge is -2.29. The van der Waals surface area contributed by atoms with E-state index in [0.717, 1.165) is 0 Å². The van der Waals surface area contributed by atoms with Gasteiger partial charge in [-0.1, -0.05) is 13.0 Å². The summed E-state index contributed by atoms with van der Waals surface area (Å²) in [6, 6.07) is 2.56. The number of aliphatic hydroxyl groups is 1. The highest BCUT2D eigenvalue weighted by Gasteiger charge is 2.42. The Morgan fingerprint density at radius 2 is 1.92 bits per heavy atom. The quantitative estimate of drug-likeness (QED) is 0.402. The van der Waals surface area contributed by atoms with Gasteiger partial charge in [0, 0.05) is 17.9 Å². The van der Waals surface area contributed by atoms with Crippen molar-refractivity contribution >= 4 is 10.0 Å². The van der Waals surface area contributed by atoms with Gasteiger partial charge in [0.2, 0.25) is 15.9 Å². The molecule has 2 heterocycles. The summed E-state index contributed by atoms with van der Waals surface area (Å²) in [7, 11) is -4.71. The van der Waals surface area contributed by atoms with Crippen molar-refractivity contribution in [3.05, 3.63) is 74.3 Å². The Morgan fingerprint density at radius 1 is 1.22 bits per heavy atom. The Labute approximate surface area is 208 Å². The second-order valence-electron chi connectivity index (χ2n) is 8.75. The van der Waals surface area contributed by atoms with Crippen molar-refractivity contribution in [1.29, 1.82) is 0 Å². The maximum atomic E-state index is 14.9. The zero-order valence-electron chi connectivity index (χ0n) is 19.8. The minimum atomic E-state index is -4.88. The predicted octanol–water partition coefficient (Wildman–Crippen LogP) is 3.78. The number of hydrogen-bond acceptors (Lipinski definition) is 7. The standard InChI is InChI=1S/C23H23F4N3O6S/c1-10-4-6-14(24)17(11(10)2)12(3)19(21-28-29-22(32)36-21)30-37(33,34)16-7-5-13(23(25,26)27)18-15(31)8-9-35-20(16)18/h4-7,12,15,19,30-31H,8-9H2,1-3H3,(H,29,32)/t12-,15-,19+/m1/s1. The van der Waals surface area contributed by atoms with Crippen LogP contribution in [0.2, 0.25) is 0 Å². The van der Waals surface area contributed by atoms with Gasteiger partial charge < -0.3 is 14.3 Å². The van der Waals surface area contributed by atoms with Gasteiger partial charge in [0.1, 0.15) is 22.5 Å². The summed E-state index contributed by atoms with van der Waals surface area (Å²) in [4.78, 5) is 11.0. The molecule has 2 aromatic carbocycles. The van der Waals surface area contributed by atoms with Crippen LogP contribution in [0, 0.1) is 19.7 Å². The minimum absolute atomic E-state index is 0.125. The van der Waals surface area contributed by atoms with Gasteiger partial charge >= 0.3 is 11.9 Å². The lowest BCUT2D eigenvalue weighted by atomic mass is 9.88. The summed E-state index contributed by atoms with van der Waals surface area (Å²) >= 11 is 0. The number of benzene rings is 2. The first-order chi connectivity index (χ1) is 17.2. The lowest BCUT2D eigenvalue weighted by Crippen LogP contribution is -2.34. The summed E-state index contributed by atoms with van der Waals surface area (Å²) in [5.41, 5.74) is -0.563. The normalized spacial score (nSPS) is 17.7. The van der Waals surface area contributed by atoms with E-state index in [2.05, 4.69) is 9.82 Å². The maximum Gasteiger partial charge on any atom is 0.434 e. The van der Waals surface area contributed by atoms with Gasteiger partial charge in [0.15, 0.2) is 0 Å².